The third-order valence-electron chi connectivity index (χ3n) is 8.65. The van der Waals surface area contributed by atoms with Gasteiger partial charge in [-0.25, -0.2) is 4.99 Å². The third kappa shape index (κ3) is 5.55. The first-order valence-corrected chi connectivity index (χ1v) is 14.2. The van der Waals surface area contributed by atoms with Crippen LogP contribution in [0.15, 0.2) is 45.3 Å². The lowest BCUT2D eigenvalue weighted by Crippen LogP contribution is -2.44. The maximum Gasteiger partial charge on any atom is 0.225 e. The third-order valence-corrected chi connectivity index (χ3v) is 8.65. The number of morpholine rings is 1. The Morgan fingerprint density at radius 2 is 1.92 bits per heavy atom. The van der Waals surface area contributed by atoms with Gasteiger partial charge in [-0.15, -0.1) is 0 Å². The van der Waals surface area contributed by atoms with E-state index in [-0.39, 0.29) is 5.92 Å². The molecule has 0 spiro atoms. The smallest absolute Gasteiger partial charge is 0.225 e. The summed E-state index contributed by atoms with van der Waals surface area (Å²) in [7, 11) is 2.15. The van der Waals surface area contributed by atoms with Gasteiger partial charge >= 0.3 is 0 Å². The van der Waals surface area contributed by atoms with E-state index in [1.807, 2.05) is 10.9 Å². The molecule has 0 bridgehead atoms. The van der Waals surface area contributed by atoms with Crippen molar-refractivity contribution in [2.45, 2.75) is 56.6 Å². The van der Waals surface area contributed by atoms with Gasteiger partial charge in [0.2, 0.25) is 6.23 Å². The van der Waals surface area contributed by atoms with Crippen molar-refractivity contribution in [3.63, 3.8) is 0 Å². The first-order chi connectivity index (χ1) is 18.9. The molecule has 39 heavy (non-hydrogen) atoms. The number of nitrogens with two attached hydrogens (primary N) is 1. The van der Waals surface area contributed by atoms with Crippen LogP contribution in [0.3, 0.4) is 0 Å². The predicted octanol–water partition coefficient (Wildman–Crippen LogP) is 1.37. The van der Waals surface area contributed by atoms with E-state index in [4.69, 9.17) is 24.9 Å². The van der Waals surface area contributed by atoms with Gasteiger partial charge in [-0.2, -0.15) is 5.10 Å². The molecule has 4 atom stereocenters. The highest BCUT2D eigenvalue weighted by atomic mass is 16.5. The van der Waals surface area contributed by atoms with Gasteiger partial charge in [-0.3, -0.25) is 9.67 Å². The van der Waals surface area contributed by atoms with E-state index in [0.717, 1.165) is 61.6 Å². The number of ether oxygens (including phenoxy) is 3. The molecule has 11 nitrogen and oxygen atoms in total. The summed E-state index contributed by atoms with van der Waals surface area (Å²) in [5.74, 6) is 0.608. The molecule has 0 saturated carbocycles. The number of nitrogens with zero attached hydrogens (tertiary/aromatic N) is 6. The van der Waals surface area contributed by atoms with Gasteiger partial charge in [-0.1, -0.05) is 6.08 Å². The van der Waals surface area contributed by atoms with Crippen molar-refractivity contribution in [3.8, 4) is 5.75 Å². The molecule has 0 aromatic carbocycles. The summed E-state index contributed by atoms with van der Waals surface area (Å²) in [6.45, 7) is 8.12. The Morgan fingerprint density at radius 1 is 1.13 bits per heavy atom. The fraction of sp³-hybridized carbons (Fsp3) is 0.679. The van der Waals surface area contributed by atoms with Crippen LogP contribution in [-0.2, 0) is 9.47 Å². The molecule has 5 aliphatic rings. The Bertz CT molecular complexity index is 1150. The molecule has 212 valence electrons. The van der Waals surface area contributed by atoms with Gasteiger partial charge in [0.1, 0.15) is 5.60 Å². The number of aliphatic imine (C=N–C) groups is 2. The van der Waals surface area contributed by atoms with Crippen molar-refractivity contribution >= 4 is 11.9 Å². The number of hydrogen-bond donors (Lipinski definition) is 2. The van der Waals surface area contributed by atoms with E-state index in [1.54, 1.807) is 12.4 Å². The maximum atomic E-state index is 11.7. The standard InChI is InChI=1S/C28H41N7O4/c1-19-13-20(14-23(28(36)5-10-38-18-28)25(19)34-8-11-37-12-9-34)24-16-30-26(29)27(32-24)39-22-15-31-35(17-22)21-3-6-33(2)7-4-21/h13,15-17,20-21,26-27,36H,3-12,14,18,29H2,1-2H3/t20?,26?,27?,28-/m0/s1. The number of piperidine rings is 1. The molecule has 1 aromatic rings. The van der Waals surface area contributed by atoms with Crippen LogP contribution in [0.1, 0.15) is 38.6 Å². The molecule has 0 amide bonds. The highest BCUT2D eigenvalue weighted by Gasteiger charge is 2.42. The van der Waals surface area contributed by atoms with Crippen molar-refractivity contribution in [2.75, 3.05) is 59.7 Å². The minimum Gasteiger partial charge on any atom is -0.462 e. The highest BCUT2D eigenvalue weighted by Crippen LogP contribution is 2.41. The van der Waals surface area contributed by atoms with Gasteiger partial charge in [0, 0.05) is 43.9 Å². The number of aliphatic hydroxyl groups is 1. The summed E-state index contributed by atoms with van der Waals surface area (Å²) < 4.78 is 19.5. The zero-order valence-electron chi connectivity index (χ0n) is 23.0. The van der Waals surface area contributed by atoms with Crippen molar-refractivity contribution in [1.29, 1.82) is 0 Å². The Balaban J connectivity index is 1.21. The van der Waals surface area contributed by atoms with Gasteiger partial charge in [0.15, 0.2) is 11.9 Å². The average molecular weight is 540 g/mol. The Morgan fingerprint density at radius 3 is 2.67 bits per heavy atom. The second-order valence-electron chi connectivity index (χ2n) is 11.4. The van der Waals surface area contributed by atoms with E-state index in [1.165, 1.54) is 0 Å². The lowest BCUT2D eigenvalue weighted by atomic mass is 9.77. The number of allylic oxidation sites excluding steroid dienone is 2. The Labute approximate surface area is 230 Å². The molecule has 3 N–H and O–H groups in total. The average Bonchev–Trinajstić information content (AvgIpc) is 3.60. The van der Waals surface area contributed by atoms with Crippen LogP contribution < -0.4 is 10.5 Å². The first-order valence-electron chi connectivity index (χ1n) is 14.2. The molecular formula is C28H41N7O4. The summed E-state index contributed by atoms with van der Waals surface area (Å²) >= 11 is 0. The van der Waals surface area contributed by atoms with E-state index < -0.39 is 18.0 Å². The zero-order chi connectivity index (χ0) is 27.0. The summed E-state index contributed by atoms with van der Waals surface area (Å²) in [4.78, 5) is 14.2. The number of likely N-dealkylation sites (tertiary alicyclic amines) is 1. The summed E-state index contributed by atoms with van der Waals surface area (Å²) in [6, 6.07) is 0.377. The molecule has 6 rings (SSSR count). The number of rotatable bonds is 6. The molecule has 5 heterocycles. The monoisotopic (exact) mass is 539 g/mol. The summed E-state index contributed by atoms with van der Waals surface area (Å²) in [5.41, 5.74) is 9.42. The van der Waals surface area contributed by atoms with E-state index in [0.29, 0.717) is 51.1 Å². The van der Waals surface area contributed by atoms with Gasteiger partial charge in [-0.05, 0) is 57.5 Å². The Hall–Kier alpha value is -2.57. The maximum absolute atomic E-state index is 11.7. The first kappa shape index (κ1) is 26.6. The van der Waals surface area contributed by atoms with Crippen LogP contribution >= 0.6 is 0 Å². The molecule has 3 saturated heterocycles. The molecule has 11 heteroatoms. The predicted molar refractivity (Wildman–Crippen MR) is 148 cm³/mol. The summed E-state index contributed by atoms with van der Waals surface area (Å²) in [5, 5.41) is 16.2. The topological polar surface area (TPSA) is 123 Å². The van der Waals surface area contributed by atoms with Gasteiger partial charge < -0.3 is 34.9 Å². The molecule has 1 aliphatic carbocycles. The zero-order valence-corrected chi connectivity index (χ0v) is 23.0. The van der Waals surface area contributed by atoms with Crippen molar-refractivity contribution in [1.82, 2.24) is 19.6 Å². The molecular weight excluding hydrogens is 498 g/mol. The van der Waals surface area contributed by atoms with E-state index >= 15 is 0 Å². The van der Waals surface area contributed by atoms with Crippen LogP contribution in [0.2, 0.25) is 0 Å². The van der Waals surface area contributed by atoms with Gasteiger partial charge in [0.05, 0.1) is 44.0 Å². The quantitative estimate of drug-likeness (QED) is 0.556. The van der Waals surface area contributed by atoms with Crippen LogP contribution in [0.5, 0.6) is 5.75 Å². The second-order valence-corrected chi connectivity index (χ2v) is 11.4. The fourth-order valence-electron chi connectivity index (χ4n) is 6.37. The van der Waals surface area contributed by atoms with Crippen molar-refractivity contribution < 1.29 is 19.3 Å². The van der Waals surface area contributed by atoms with E-state index in [2.05, 4.69) is 39.9 Å². The van der Waals surface area contributed by atoms with Gasteiger partial charge in [0.25, 0.3) is 0 Å². The lowest BCUT2D eigenvalue weighted by molar-refractivity contribution is 0.0387. The number of aromatic nitrogens is 2. The van der Waals surface area contributed by atoms with Crippen LogP contribution in [0, 0.1) is 5.92 Å². The molecule has 1 aromatic heterocycles. The highest BCUT2D eigenvalue weighted by molar-refractivity contribution is 6.32. The van der Waals surface area contributed by atoms with Crippen molar-refractivity contribution in [2.24, 2.45) is 21.6 Å². The SMILES string of the molecule is CC1=CC(C2=NC(Oc3cnn(C4CCN(C)CC4)c3)C(N)N=C2)CC([C@]2(O)CCOC2)=C1N1CCOCC1. The molecule has 3 unspecified atom stereocenters. The second kappa shape index (κ2) is 11.1. The molecule has 4 aliphatic heterocycles. The summed E-state index contributed by atoms with van der Waals surface area (Å²) in [6.07, 6.45) is 9.85. The minimum atomic E-state index is -0.984. The fourth-order valence-corrected chi connectivity index (χ4v) is 6.37. The molecule has 3 fully saturated rings. The van der Waals surface area contributed by atoms with E-state index in [9.17, 15) is 5.11 Å². The lowest BCUT2D eigenvalue weighted by Gasteiger charge is -2.40. The van der Waals surface area contributed by atoms with Crippen molar-refractivity contribution in [3.05, 3.63) is 35.3 Å². The van der Waals surface area contributed by atoms with Crippen LogP contribution in [0.4, 0.5) is 0 Å². The minimum absolute atomic E-state index is 0.0429. The van der Waals surface area contributed by atoms with Crippen LogP contribution in [0.25, 0.3) is 0 Å². The largest absolute Gasteiger partial charge is 0.462 e. The number of hydrogen-bond acceptors (Lipinski definition) is 10. The Kier molecular flexibility index (Phi) is 7.60. The van der Waals surface area contributed by atoms with Crippen LogP contribution in [-0.4, -0.2) is 114 Å². The molecule has 0 radical (unpaired) electrons. The normalized spacial score (nSPS) is 32.9.